The molecule has 0 aliphatic rings. The van der Waals surface area contributed by atoms with E-state index in [1.807, 2.05) is 73.7 Å². The number of methoxy groups -OCH3 is 1. The van der Waals surface area contributed by atoms with Crippen molar-refractivity contribution >= 4 is 11.9 Å². The zero-order chi connectivity index (χ0) is 18.4. The molecule has 0 fully saturated rings. The maximum atomic E-state index is 12.3. The van der Waals surface area contributed by atoms with Crippen LogP contribution in [0.4, 0.5) is 0 Å². The Kier molecular flexibility index (Phi) is 5.65. The average molecular weight is 342 g/mol. The first kappa shape index (κ1) is 17.7. The van der Waals surface area contributed by atoms with Crippen molar-refractivity contribution in [1.82, 2.24) is 0 Å². The summed E-state index contributed by atoms with van der Waals surface area (Å²) < 4.78 is 5.18. The summed E-state index contributed by atoms with van der Waals surface area (Å²) in [4.78, 5) is 12.3. The highest BCUT2D eigenvalue weighted by atomic mass is 16.5. The lowest BCUT2D eigenvalue weighted by atomic mass is 10.0. The lowest BCUT2D eigenvalue weighted by molar-refractivity contribution is 0.104. The van der Waals surface area contributed by atoms with Gasteiger partial charge in [-0.05, 0) is 48.2 Å². The molecule has 130 valence electrons. The van der Waals surface area contributed by atoms with Crippen LogP contribution in [0.25, 0.3) is 6.08 Å². The number of hydrogen-bond acceptors (Lipinski definition) is 2. The van der Waals surface area contributed by atoms with Gasteiger partial charge in [-0.15, -0.1) is 0 Å². The van der Waals surface area contributed by atoms with Crippen LogP contribution in [0.1, 0.15) is 32.6 Å². The molecule has 0 atom stereocenters. The third-order valence-corrected chi connectivity index (χ3v) is 4.31. The minimum Gasteiger partial charge on any atom is -0.497 e. The molecule has 3 rings (SSSR count). The van der Waals surface area contributed by atoms with Crippen molar-refractivity contribution in [2.45, 2.75) is 13.3 Å². The van der Waals surface area contributed by atoms with E-state index in [2.05, 4.69) is 12.1 Å². The second-order valence-corrected chi connectivity index (χ2v) is 6.33. The van der Waals surface area contributed by atoms with Crippen LogP contribution in [0, 0.1) is 6.92 Å². The van der Waals surface area contributed by atoms with E-state index >= 15 is 0 Å². The fourth-order valence-electron chi connectivity index (χ4n) is 2.71. The van der Waals surface area contributed by atoms with E-state index < -0.39 is 0 Å². The molecule has 0 aliphatic carbocycles. The Bertz CT molecular complexity index is 886. The van der Waals surface area contributed by atoms with Crippen LogP contribution < -0.4 is 4.74 Å². The highest BCUT2D eigenvalue weighted by Crippen LogP contribution is 2.16. The summed E-state index contributed by atoms with van der Waals surface area (Å²) >= 11 is 0. The van der Waals surface area contributed by atoms with Gasteiger partial charge in [0.1, 0.15) is 5.75 Å². The minimum atomic E-state index is 0.0153. The van der Waals surface area contributed by atoms with Crippen LogP contribution in [0.15, 0.2) is 78.9 Å². The van der Waals surface area contributed by atoms with Crippen LogP contribution in [0.5, 0.6) is 5.75 Å². The molecule has 3 aromatic rings. The van der Waals surface area contributed by atoms with Crippen molar-refractivity contribution < 1.29 is 9.53 Å². The molecule has 0 radical (unpaired) electrons. The van der Waals surface area contributed by atoms with E-state index in [0.29, 0.717) is 5.56 Å². The van der Waals surface area contributed by atoms with Gasteiger partial charge in [-0.3, -0.25) is 4.79 Å². The van der Waals surface area contributed by atoms with Gasteiger partial charge in [0, 0.05) is 5.56 Å². The van der Waals surface area contributed by atoms with Gasteiger partial charge in [-0.25, -0.2) is 0 Å². The number of allylic oxidation sites excluding steroid dienone is 1. The van der Waals surface area contributed by atoms with Gasteiger partial charge in [-0.2, -0.15) is 0 Å². The number of rotatable bonds is 6. The SMILES string of the molecule is COc1ccc(Cc2ccc(C(=O)/C=C/c3ccc(C)cc3)cc2)cc1. The van der Waals surface area contributed by atoms with Crippen LogP contribution in [-0.4, -0.2) is 12.9 Å². The molecule has 2 heteroatoms. The van der Waals surface area contributed by atoms with Crippen LogP contribution in [0.2, 0.25) is 0 Å². The van der Waals surface area contributed by atoms with Gasteiger partial charge in [0.2, 0.25) is 0 Å². The zero-order valence-corrected chi connectivity index (χ0v) is 15.1. The summed E-state index contributed by atoms with van der Waals surface area (Å²) in [6.45, 7) is 2.05. The summed E-state index contributed by atoms with van der Waals surface area (Å²) in [5.41, 5.74) is 5.33. The molecule has 26 heavy (non-hydrogen) atoms. The fraction of sp³-hybridized carbons (Fsp3) is 0.125. The molecule has 0 spiro atoms. The molecule has 0 aliphatic heterocycles. The summed E-state index contributed by atoms with van der Waals surface area (Å²) in [6, 6.07) is 23.9. The van der Waals surface area contributed by atoms with Gasteiger partial charge in [-0.1, -0.05) is 72.3 Å². The van der Waals surface area contributed by atoms with Gasteiger partial charge in [0.15, 0.2) is 5.78 Å². The molecule has 0 aromatic heterocycles. The maximum absolute atomic E-state index is 12.3. The minimum absolute atomic E-state index is 0.0153. The summed E-state index contributed by atoms with van der Waals surface area (Å²) in [6.07, 6.45) is 4.31. The smallest absolute Gasteiger partial charge is 0.185 e. The third-order valence-electron chi connectivity index (χ3n) is 4.31. The first-order valence-electron chi connectivity index (χ1n) is 8.65. The lowest BCUT2D eigenvalue weighted by Crippen LogP contribution is -1.95. The Balaban J connectivity index is 1.64. The number of carbonyl (C=O) groups is 1. The first-order chi connectivity index (χ1) is 12.6. The Morgan fingerprint density at radius 3 is 2.00 bits per heavy atom. The predicted octanol–water partition coefficient (Wildman–Crippen LogP) is 5.49. The largest absolute Gasteiger partial charge is 0.497 e. The number of carbonyl (C=O) groups excluding carboxylic acids is 1. The van der Waals surface area contributed by atoms with Gasteiger partial charge in [0.25, 0.3) is 0 Å². The molecule has 0 saturated carbocycles. The Morgan fingerprint density at radius 2 is 1.42 bits per heavy atom. The number of ether oxygens (including phenoxy) is 1. The maximum Gasteiger partial charge on any atom is 0.185 e. The van der Waals surface area contributed by atoms with Gasteiger partial charge >= 0.3 is 0 Å². The number of ketones is 1. The monoisotopic (exact) mass is 342 g/mol. The molecule has 0 heterocycles. The van der Waals surface area contributed by atoms with Crippen molar-refractivity contribution in [3.63, 3.8) is 0 Å². The summed E-state index contributed by atoms with van der Waals surface area (Å²) in [5.74, 6) is 0.872. The molecule has 3 aromatic carbocycles. The zero-order valence-electron chi connectivity index (χ0n) is 15.1. The molecule has 0 unspecified atom stereocenters. The normalized spacial score (nSPS) is 10.8. The molecular formula is C24H22O2. The van der Waals surface area contributed by atoms with Crippen molar-refractivity contribution in [2.75, 3.05) is 7.11 Å². The fourth-order valence-corrected chi connectivity index (χ4v) is 2.71. The van der Waals surface area contributed by atoms with E-state index in [1.165, 1.54) is 16.7 Å². The van der Waals surface area contributed by atoms with Crippen LogP contribution >= 0.6 is 0 Å². The average Bonchev–Trinajstić information content (AvgIpc) is 2.68. The molecule has 0 saturated heterocycles. The Morgan fingerprint density at radius 1 is 0.846 bits per heavy atom. The number of aryl methyl sites for hydroxylation is 1. The lowest BCUT2D eigenvalue weighted by Gasteiger charge is -2.05. The summed E-state index contributed by atoms with van der Waals surface area (Å²) in [7, 11) is 1.66. The highest BCUT2D eigenvalue weighted by molar-refractivity contribution is 6.06. The van der Waals surface area contributed by atoms with E-state index in [9.17, 15) is 4.79 Å². The van der Waals surface area contributed by atoms with E-state index in [1.54, 1.807) is 13.2 Å². The highest BCUT2D eigenvalue weighted by Gasteiger charge is 2.03. The predicted molar refractivity (Wildman–Crippen MR) is 107 cm³/mol. The van der Waals surface area contributed by atoms with E-state index in [-0.39, 0.29) is 5.78 Å². The first-order valence-corrected chi connectivity index (χ1v) is 8.65. The molecular weight excluding hydrogens is 320 g/mol. The second-order valence-electron chi connectivity index (χ2n) is 6.33. The molecule has 0 N–H and O–H groups in total. The van der Waals surface area contributed by atoms with Crippen LogP contribution in [0.3, 0.4) is 0 Å². The Hall–Kier alpha value is -3.13. The van der Waals surface area contributed by atoms with Gasteiger partial charge in [0.05, 0.1) is 7.11 Å². The third kappa shape index (κ3) is 4.70. The van der Waals surface area contributed by atoms with Crippen molar-refractivity contribution in [3.8, 4) is 5.75 Å². The number of benzene rings is 3. The van der Waals surface area contributed by atoms with Crippen molar-refractivity contribution in [3.05, 3.63) is 107 Å². The quantitative estimate of drug-likeness (QED) is 0.437. The van der Waals surface area contributed by atoms with E-state index in [0.717, 1.165) is 17.7 Å². The van der Waals surface area contributed by atoms with Crippen LogP contribution in [-0.2, 0) is 6.42 Å². The number of hydrogen-bond donors (Lipinski definition) is 0. The Labute approximate surface area is 154 Å². The molecule has 0 amide bonds. The van der Waals surface area contributed by atoms with Crippen molar-refractivity contribution in [2.24, 2.45) is 0 Å². The summed E-state index contributed by atoms with van der Waals surface area (Å²) in [5, 5.41) is 0. The van der Waals surface area contributed by atoms with Gasteiger partial charge < -0.3 is 4.74 Å². The van der Waals surface area contributed by atoms with Crippen molar-refractivity contribution in [1.29, 1.82) is 0 Å². The molecule has 0 bridgehead atoms. The van der Waals surface area contributed by atoms with E-state index in [4.69, 9.17) is 4.74 Å². The second kappa shape index (κ2) is 8.30. The topological polar surface area (TPSA) is 26.3 Å². The molecule has 2 nitrogen and oxygen atoms in total. The standard InChI is InChI=1S/C24H22O2/c1-18-3-5-19(6-4-18)11-16-24(25)22-12-7-20(8-13-22)17-21-9-14-23(26-2)15-10-21/h3-16H,17H2,1-2H3/b16-11+.